The van der Waals surface area contributed by atoms with Crippen molar-refractivity contribution >= 4 is 0 Å². The molecule has 1 aromatic carbocycles. The van der Waals surface area contributed by atoms with Crippen molar-refractivity contribution in [3.05, 3.63) is 29.6 Å². The Kier molecular flexibility index (Phi) is 6.50. The molecule has 0 radical (unpaired) electrons. The van der Waals surface area contributed by atoms with Crippen molar-refractivity contribution in [2.75, 3.05) is 20.2 Å². The van der Waals surface area contributed by atoms with E-state index >= 15 is 0 Å². The summed E-state index contributed by atoms with van der Waals surface area (Å²) in [5.74, 6) is 1.48. The fourth-order valence-electron chi connectivity index (χ4n) is 3.47. The number of methoxy groups -OCH3 is 1. The summed E-state index contributed by atoms with van der Waals surface area (Å²) in [7, 11) is 1.51. The minimum Gasteiger partial charge on any atom is -0.494 e. The summed E-state index contributed by atoms with van der Waals surface area (Å²) >= 11 is 0. The second kappa shape index (κ2) is 8.38. The number of benzene rings is 1. The number of hydrogen-bond donors (Lipinski definition) is 1. The Balaban J connectivity index is 2.04. The molecule has 1 fully saturated rings. The fourth-order valence-corrected chi connectivity index (χ4v) is 3.47. The zero-order valence-electron chi connectivity index (χ0n) is 13.3. The Morgan fingerprint density at radius 2 is 1.95 bits per heavy atom. The van der Waals surface area contributed by atoms with Crippen LogP contribution in [-0.2, 0) is 6.42 Å². The molecule has 1 aliphatic carbocycles. The van der Waals surface area contributed by atoms with Crippen molar-refractivity contribution < 1.29 is 9.13 Å². The average molecular weight is 293 g/mol. The predicted octanol–water partition coefficient (Wildman–Crippen LogP) is 4.18. The van der Waals surface area contributed by atoms with Crippen LogP contribution >= 0.6 is 0 Å². The molecule has 1 aliphatic rings. The Morgan fingerprint density at radius 3 is 2.62 bits per heavy atom. The van der Waals surface area contributed by atoms with E-state index in [1.54, 1.807) is 12.1 Å². The number of halogens is 1. The second-order valence-corrected chi connectivity index (χ2v) is 6.14. The van der Waals surface area contributed by atoms with Crippen LogP contribution in [-0.4, -0.2) is 20.2 Å². The van der Waals surface area contributed by atoms with E-state index in [0.29, 0.717) is 11.7 Å². The topological polar surface area (TPSA) is 21.3 Å². The summed E-state index contributed by atoms with van der Waals surface area (Å²) < 4.78 is 18.8. The first-order valence-electron chi connectivity index (χ1n) is 8.27. The van der Waals surface area contributed by atoms with E-state index in [1.807, 2.05) is 6.07 Å². The number of rotatable bonds is 6. The zero-order valence-corrected chi connectivity index (χ0v) is 13.3. The normalized spacial score (nSPS) is 22.8. The molecule has 0 heterocycles. The van der Waals surface area contributed by atoms with E-state index in [4.69, 9.17) is 4.74 Å². The minimum atomic E-state index is -0.244. The molecule has 0 aromatic heterocycles. The van der Waals surface area contributed by atoms with Crippen molar-refractivity contribution in [2.24, 2.45) is 11.8 Å². The van der Waals surface area contributed by atoms with Crippen molar-refractivity contribution in [1.82, 2.24) is 5.32 Å². The lowest BCUT2D eigenvalue weighted by Gasteiger charge is -2.25. The molecule has 2 rings (SSSR count). The first-order valence-corrected chi connectivity index (χ1v) is 8.27. The van der Waals surface area contributed by atoms with Crippen molar-refractivity contribution in [3.8, 4) is 5.75 Å². The summed E-state index contributed by atoms with van der Waals surface area (Å²) in [6.07, 6.45) is 7.54. The maximum absolute atomic E-state index is 13.8. The summed E-state index contributed by atoms with van der Waals surface area (Å²) in [4.78, 5) is 0. The van der Waals surface area contributed by atoms with Gasteiger partial charge in [-0.1, -0.05) is 32.3 Å². The predicted molar refractivity (Wildman–Crippen MR) is 85.3 cm³/mol. The molecule has 1 saturated carbocycles. The van der Waals surface area contributed by atoms with E-state index in [2.05, 4.69) is 12.2 Å². The molecular formula is C18H28FNO. The molecule has 118 valence electrons. The van der Waals surface area contributed by atoms with Gasteiger partial charge in [0.25, 0.3) is 0 Å². The third-order valence-electron chi connectivity index (χ3n) is 4.69. The third-order valence-corrected chi connectivity index (χ3v) is 4.69. The van der Waals surface area contributed by atoms with Crippen molar-refractivity contribution in [1.29, 1.82) is 0 Å². The Hall–Kier alpha value is -1.09. The lowest BCUT2D eigenvalue weighted by Crippen LogP contribution is -2.28. The second-order valence-electron chi connectivity index (χ2n) is 6.14. The van der Waals surface area contributed by atoms with Crippen LogP contribution in [0.1, 0.15) is 44.6 Å². The maximum Gasteiger partial charge on any atom is 0.165 e. The van der Waals surface area contributed by atoms with Crippen molar-refractivity contribution in [3.63, 3.8) is 0 Å². The molecule has 1 N–H and O–H groups in total. The molecule has 2 unspecified atom stereocenters. The molecule has 2 atom stereocenters. The quantitative estimate of drug-likeness (QED) is 0.794. The standard InChI is InChI=1S/C18H28FNO/c1-3-20-13-16-8-6-4-5-7-15(16)11-14-9-10-18(21-2)17(19)12-14/h9-10,12,15-16,20H,3-8,11,13H2,1-2H3. The van der Waals surface area contributed by atoms with Crippen LogP contribution in [0.2, 0.25) is 0 Å². The molecular weight excluding hydrogens is 265 g/mol. The molecule has 0 aliphatic heterocycles. The summed E-state index contributed by atoms with van der Waals surface area (Å²) in [5, 5.41) is 3.50. The van der Waals surface area contributed by atoms with E-state index in [9.17, 15) is 4.39 Å². The van der Waals surface area contributed by atoms with E-state index in [-0.39, 0.29) is 5.82 Å². The van der Waals surface area contributed by atoms with Crippen LogP contribution in [0.4, 0.5) is 4.39 Å². The molecule has 0 saturated heterocycles. The van der Waals surface area contributed by atoms with Crippen LogP contribution in [0.3, 0.4) is 0 Å². The number of nitrogens with one attached hydrogen (secondary N) is 1. The van der Waals surface area contributed by atoms with Gasteiger partial charge in [0.15, 0.2) is 11.6 Å². The van der Waals surface area contributed by atoms with Gasteiger partial charge in [-0.15, -0.1) is 0 Å². The van der Waals surface area contributed by atoms with Gasteiger partial charge >= 0.3 is 0 Å². The van der Waals surface area contributed by atoms with Gasteiger partial charge in [-0.2, -0.15) is 0 Å². The first-order chi connectivity index (χ1) is 10.2. The summed E-state index contributed by atoms with van der Waals surface area (Å²) in [6, 6.07) is 5.41. The highest BCUT2D eigenvalue weighted by atomic mass is 19.1. The Bertz CT molecular complexity index is 435. The third kappa shape index (κ3) is 4.70. The van der Waals surface area contributed by atoms with Crippen LogP contribution in [0.5, 0.6) is 5.75 Å². The van der Waals surface area contributed by atoms with Crippen LogP contribution < -0.4 is 10.1 Å². The lowest BCUT2D eigenvalue weighted by molar-refractivity contribution is 0.299. The molecule has 1 aromatic rings. The minimum absolute atomic E-state index is 0.244. The Morgan fingerprint density at radius 1 is 1.19 bits per heavy atom. The first kappa shape index (κ1) is 16.3. The molecule has 0 bridgehead atoms. The van der Waals surface area contributed by atoms with Crippen LogP contribution in [0.25, 0.3) is 0 Å². The molecule has 21 heavy (non-hydrogen) atoms. The van der Waals surface area contributed by atoms with Gasteiger partial charge in [0.1, 0.15) is 0 Å². The van der Waals surface area contributed by atoms with Crippen molar-refractivity contribution in [2.45, 2.75) is 45.4 Å². The van der Waals surface area contributed by atoms with Crippen LogP contribution in [0, 0.1) is 17.7 Å². The molecule has 3 heteroatoms. The monoisotopic (exact) mass is 293 g/mol. The van der Waals surface area contributed by atoms with Crippen LogP contribution in [0.15, 0.2) is 18.2 Å². The van der Waals surface area contributed by atoms with Gasteiger partial charge in [-0.25, -0.2) is 4.39 Å². The van der Waals surface area contributed by atoms with Gasteiger partial charge in [-0.3, -0.25) is 0 Å². The molecule has 2 nitrogen and oxygen atoms in total. The maximum atomic E-state index is 13.8. The van der Waals surface area contributed by atoms with Gasteiger partial charge < -0.3 is 10.1 Å². The summed E-state index contributed by atoms with van der Waals surface area (Å²) in [5.41, 5.74) is 1.10. The smallest absolute Gasteiger partial charge is 0.165 e. The van der Waals surface area contributed by atoms with Gasteiger partial charge in [0.2, 0.25) is 0 Å². The van der Waals surface area contributed by atoms with E-state index in [1.165, 1.54) is 39.2 Å². The SMILES string of the molecule is CCNCC1CCCCCC1Cc1ccc(OC)c(F)c1. The molecule has 0 spiro atoms. The largest absolute Gasteiger partial charge is 0.494 e. The highest BCUT2D eigenvalue weighted by Crippen LogP contribution is 2.32. The van der Waals surface area contributed by atoms with Gasteiger partial charge in [-0.05, 0) is 61.9 Å². The zero-order chi connectivity index (χ0) is 15.1. The van der Waals surface area contributed by atoms with E-state index in [0.717, 1.165) is 31.0 Å². The number of ether oxygens (including phenoxy) is 1. The lowest BCUT2D eigenvalue weighted by atomic mass is 9.83. The highest BCUT2D eigenvalue weighted by molar-refractivity contribution is 5.29. The Labute approximate surface area is 128 Å². The fraction of sp³-hybridized carbons (Fsp3) is 0.667. The van der Waals surface area contributed by atoms with Gasteiger partial charge in [0.05, 0.1) is 7.11 Å². The average Bonchev–Trinajstić information content (AvgIpc) is 2.71. The number of hydrogen-bond acceptors (Lipinski definition) is 2. The summed E-state index contributed by atoms with van der Waals surface area (Å²) in [6.45, 7) is 4.28. The van der Waals surface area contributed by atoms with Gasteiger partial charge in [0, 0.05) is 0 Å². The molecule has 0 amide bonds. The highest BCUT2D eigenvalue weighted by Gasteiger charge is 2.23. The van der Waals surface area contributed by atoms with E-state index < -0.39 is 0 Å².